The van der Waals surface area contributed by atoms with Gasteiger partial charge in [0.25, 0.3) is 0 Å². The van der Waals surface area contributed by atoms with E-state index >= 15 is 0 Å². The summed E-state index contributed by atoms with van der Waals surface area (Å²) in [5.41, 5.74) is 4.66. The lowest BCUT2D eigenvalue weighted by molar-refractivity contribution is -0.122. The Labute approximate surface area is 186 Å². The fourth-order valence-corrected chi connectivity index (χ4v) is 6.65. The van der Waals surface area contributed by atoms with Gasteiger partial charge in [0.15, 0.2) is 0 Å². The number of halogens is 2. The molecule has 0 N–H and O–H groups in total. The molecule has 2 bridgehead atoms. The largest absolute Gasteiger partial charge is 0.274 e. The second kappa shape index (κ2) is 5.92. The van der Waals surface area contributed by atoms with E-state index in [1.54, 1.807) is 0 Å². The van der Waals surface area contributed by atoms with Crippen LogP contribution in [0, 0.1) is 15.4 Å². The van der Waals surface area contributed by atoms with E-state index in [0.717, 1.165) is 25.8 Å². The first-order valence-electron chi connectivity index (χ1n) is 9.54. The number of anilines is 1. The quantitative estimate of drug-likeness (QED) is 0.261. The summed E-state index contributed by atoms with van der Waals surface area (Å²) in [6.45, 7) is 0. The van der Waals surface area contributed by atoms with E-state index in [2.05, 4.69) is 34.7 Å². The minimum absolute atomic E-state index is 0.152. The summed E-state index contributed by atoms with van der Waals surface area (Å²) in [5.74, 6) is -1.60. The van der Waals surface area contributed by atoms with Crippen LogP contribution in [-0.2, 0) is 14.5 Å². The third kappa shape index (κ3) is 2.09. The molecule has 7 rings (SSSR count). The summed E-state index contributed by atoms with van der Waals surface area (Å²) in [7, 11) is 0. The maximum absolute atomic E-state index is 13.7. The molecule has 3 aromatic rings. The van der Waals surface area contributed by atoms with E-state index in [4.69, 9.17) is 11.6 Å². The number of amides is 2. The van der Waals surface area contributed by atoms with E-state index in [0.29, 0.717) is 5.69 Å². The van der Waals surface area contributed by atoms with E-state index in [1.807, 2.05) is 60.7 Å². The van der Waals surface area contributed by atoms with Crippen molar-refractivity contribution in [2.75, 3.05) is 4.90 Å². The first-order chi connectivity index (χ1) is 14.0. The number of hydrogen-bond donors (Lipinski definition) is 0. The zero-order valence-electron chi connectivity index (χ0n) is 15.2. The van der Waals surface area contributed by atoms with E-state index in [1.165, 1.54) is 4.90 Å². The molecular weight excluding hydrogens is 497 g/mol. The molecule has 1 aliphatic heterocycles. The van der Waals surface area contributed by atoms with Crippen molar-refractivity contribution in [3.05, 3.63) is 98.6 Å². The van der Waals surface area contributed by atoms with Crippen molar-refractivity contribution in [2.45, 2.75) is 10.8 Å². The lowest BCUT2D eigenvalue weighted by Gasteiger charge is -2.50. The molecule has 0 spiro atoms. The van der Waals surface area contributed by atoms with Gasteiger partial charge in [0, 0.05) is 9.49 Å². The third-order valence-corrected chi connectivity index (χ3v) is 7.89. The van der Waals surface area contributed by atoms with Crippen LogP contribution >= 0.6 is 34.2 Å². The van der Waals surface area contributed by atoms with E-state index in [-0.39, 0.29) is 17.7 Å². The molecular formula is C24H15ClINO2. The summed E-state index contributed by atoms with van der Waals surface area (Å²) < 4.78 is 0.978. The van der Waals surface area contributed by atoms with Crippen LogP contribution in [0.15, 0.2) is 72.8 Å². The van der Waals surface area contributed by atoms with Gasteiger partial charge in [-0.25, -0.2) is 4.90 Å². The Morgan fingerprint density at radius 2 is 1.45 bits per heavy atom. The van der Waals surface area contributed by atoms with E-state index in [9.17, 15) is 9.59 Å². The summed E-state index contributed by atoms with van der Waals surface area (Å²) in [4.78, 5) is 27.7. The van der Waals surface area contributed by atoms with Gasteiger partial charge >= 0.3 is 0 Å². The fraction of sp³-hybridized carbons (Fsp3) is 0.167. The highest BCUT2D eigenvalue weighted by molar-refractivity contribution is 14.1. The smallest absolute Gasteiger partial charge is 0.240 e. The second-order valence-corrected chi connectivity index (χ2v) is 9.70. The molecule has 3 nitrogen and oxygen atoms in total. The van der Waals surface area contributed by atoms with Gasteiger partial charge in [-0.2, -0.15) is 0 Å². The first-order valence-corrected chi connectivity index (χ1v) is 11.0. The van der Waals surface area contributed by atoms with Crippen LogP contribution in [0.1, 0.15) is 28.2 Å². The molecule has 142 valence electrons. The molecule has 29 heavy (non-hydrogen) atoms. The Morgan fingerprint density at radius 3 is 2.07 bits per heavy atom. The van der Waals surface area contributed by atoms with Crippen LogP contribution in [-0.4, -0.2) is 11.8 Å². The maximum atomic E-state index is 13.7. The average Bonchev–Trinajstić information content (AvgIpc) is 3.00. The molecule has 3 aliphatic carbocycles. The zero-order valence-corrected chi connectivity index (χ0v) is 18.1. The molecule has 0 unspecified atom stereocenters. The summed E-state index contributed by atoms with van der Waals surface area (Å²) in [6, 6.07) is 23.5. The summed E-state index contributed by atoms with van der Waals surface area (Å²) in [6.07, 6.45) is 0. The van der Waals surface area contributed by atoms with Crippen molar-refractivity contribution in [3.63, 3.8) is 0 Å². The minimum Gasteiger partial charge on any atom is -0.274 e. The summed E-state index contributed by atoms with van der Waals surface area (Å²) in [5, 5.41) is 0. The van der Waals surface area contributed by atoms with Crippen molar-refractivity contribution in [1.29, 1.82) is 0 Å². The van der Waals surface area contributed by atoms with Crippen molar-refractivity contribution in [1.82, 2.24) is 0 Å². The number of carbonyl (C=O) groups is 2. The Kier molecular flexibility index (Phi) is 3.61. The highest BCUT2D eigenvalue weighted by atomic mass is 127. The minimum atomic E-state index is -1.03. The van der Waals surface area contributed by atoms with Crippen molar-refractivity contribution in [3.8, 4) is 0 Å². The monoisotopic (exact) mass is 511 g/mol. The van der Waals surface area contributed by atoms with Crippen LogP contribution in [0.4, 0.5) is 5.69 Å². The third-order valence-electron chi connectivity index (χ3n) is 6.58. The van der Waals surface area contributed by atoms with Gasteiger partial charge < -0.3 is 0 Å². The average molecular weight is 512 g/mol. The van der Waals surface area contributed by atoms with Gasteiger partial charge in [0.05, 0.1) is 17.5 Å². The van der Waals surface area contributed by atoms with E-state index < -0.39 is 16.7 Å². The Balaban J connectivity index is 1.63. The van der Waals surface area contributed by atoms with Gasteiger partial charge in [-0.3, -0.25) is 9.59 Å². The Bertz CT molecular complexity index is 1180. The molecule has 3 aromatic carbocycles. The van der Waals surface area contributed by atoms with Crippen LogP contribution in [0.2, 0.25) is 0 Å². The second-order valence-electron chi connectivity index (χ2n) is 7.86. The Morgan fingerprint density at radius 1 is 0.828 bits per heavy atom. The van der Waals surface area contributed by atoms with Crippen molar-refractivity contribution < 1.29 is 9.59 Å². The number of imide groups is 1. The van der Waals surface area contributed by atoms with Crippen LogP contribution < -0.4 is 4.90 Å². The fourth-order valence-electron chi connectivity index (χ4n) is 5.55. The molecule has 4 aliphatic rings. The lowest BCUT2D eigenvalue weighted by Crippen LogP contribution is -2.50. The molecule has 2 amide bonds. The molecule has 0 saturated carbocycles. The van der Waals surface area contributed by atoms with Crippen LogP contribution in [0.5, 0.6) is 0 Å². The van der Waals surface area contributed by atoms with Gasteiger partial charge in [-0.05, 0) is 63.0 Å². The predicted octanol–water partition coefficient (Wildman–Crippen LogP) is 5.04. The normalized spacial score (nSPS) is 28.9. The maximum Gasteiger partial charge on any atom is 0.240 e. The molecule has 1 fully saturated rings. The molecule has 2 atom stereocenters. The Hall–Kier alpha value is -2.18. The first kappa shape index (κ1) is 17.7. The number of alkyl halides is 1. The van der Waals surface area contributed by atoms with Crippen LogP contribution in [0.25, 0.3) is 0 Å². The van der Waals surface area contributed by atoms with Gasteiger partial charge in [0.1, 0.15) is 4.87 Å². The highest BCUT2D eigenvalue weighted by Crippen LogP contribution is 2.65. The number of carbonyl (C=O) groups excluding carboxylic acids is 2. The highest BCUT2D eigenvalue weighted by Gasteiger charge is 2.67. The molecule has 1 saturated heterocycles. The van der Waals surface area contributed by atoms with Gasteiger partial charge in [-0.15, -0.1) is 11.6 Å². The number of hydrogen-bond acceptors (Lipinski definition) is 2. The predicted molar refractivity (Wildman–Crippen MR) is 120 cm³/mol. The van der Waals surface area contributed by atoms with Gasteiger partial charge in [0.2, 0.25) is 11.8 Å². The summed E-state index contributed by atoms with van der Waals surface area (Å²) >= 11 is 9.60. The van der Waals surface area contributed by atoms with Crippen LogP contribution in [0.3, 0.4) is 0 Å². The molecule has 0 radical (unpaired) electrons. The lowest BCUT2D eigenvalue weighted by atomic mass is 9.54. The molecule has 0 aromatic heterocycles. The topological polar surface area (TPSA) is 37.4 Å². The molecule has 5 heteroatoms. The number of nitrogens with zero attached hydrogens (tertiary/aromatic N) is 1. The van der Waals surface area contributed by atoms with Gasteiger partial charge in [-0.1, -0.05) is 54.6 Å². The zero-order chi connectivity index (χ0) is 19.9. The number of rotatable bonds is 1. The molecule has 1 heterocycles. The SMILES string of the molecule is O=C1[C@@H]2C3c4ccccc4C(Cl)(c4ccccc43)[C@@H]2C(=O)N1c1cccc(I)c1. The van der Waals surface area contributed by atoms with Crippen molar-refractivity contribution >= 4 is 51.7 Å². The van der Waals surface area contributed by atoms with Crippen molar-refractivity contribution in [2.24, 2.45) is 11.8 Å². The number of benzene rings is 3. The standard InChI is InChI=1S/C24H15ClINO2/c25-24-17-10-3-1-8-15(17)19(16-9-2-4-11-18(16)24)20-21(24)23(29)27(22(20)28)14-7-5-6-13(26)12-14/h1-12,19-21H/t19?,20-,21+,24?/m1/s1.